The third-order valence-electron chi connectivity index (χ3n) is 21.5. The van der Waals surface area contributed by atoms with E-state index in [-0.39, 0.29) is 39.3 Å². The molecule has 0 N–H and O–H groups in total. The summed E-state index contributed by atoms with van der Waals surface area (Å²) >= 11 is 1.91. The highest BCUT2D eigenvalue weighted by Crippen LogP contribution is 2.62. The van der Waals surface area contributed by atoms with Crippen LogP contribution in [0.25, 0.3) is 42.1 Å². The topological polar surface area (TPSA) is 22.9 Å². The Morgan fingerprint density at radius 3 is 1.79 bits per heavy atom. The molecule has 0 bridgehead atoms. The second kappa shape index (κ2) is 15.5. The lowest BCUT2D eigenvalue weighted by molar-refractivity contribution is 0.195. The first-order chi connectivity index (χ1) is 37.4. The van der Waals surface area contributed by atoms with Crippen molar-refractivity contribution in [1.29, 1.82) is 0 Å². The third kappa shape index (κ3) is 6.14. The minimum atomic E-state index is -0.147. The number of hydrogen-bond acceptors (Lipinski definition) is 5. The number of para-hydroxylation sites is 2. The molecule has 10 aromatic rings. The lowest BCUT2D eigenvalue weighted by atomic mass is 9.33. The smallest absolute Gasteiger partial charge is 0.252 e. The molecule has 0 amide bonds. The van der Waals surface area contributed by atoms with Crippen molar-refractivity contribution in [2.24, 2.45) is 0 Å². The fourth-order valence-corrected chi connectivity index (χ4v) is 17.8. The standard InChI is InChI=1S/C72H70BN3OS/c1-67(2)32-33-68(3,4)50-36-43(28-29-48(50)67)74-58-41-52-51(69(5,6)34-35-70(52,7)8)40-53(58)73-54-42-62-47(45-20-11-15-25-61(45)77-62)39-57(54)75(56-24-19-27-64-65(56)46-21-12-16-26-63(46)78-64)60-38-44(37-59(74)66(60)73)76-55-23-14-13-22-49(55)71(9)30-17-18-31-72(71,76)10/h11-16,19-29,36-42H,17-18,30-35H2,1-10H3. The van der Waals surface area contributed by atoms with E-state index in [0.717, 1.165) is 47.6 Å². The number of fused-ring (bicyclic) bond motifs is 15. The second-order valence-electron chi connectivity index (χ2n) is 27.6. The van der Waals surface area contributed by atoms with Gasteiger partial charge in [-0.1, -0.05) is 148 Å². The molecule has 2 unspecified atom stereocenters. The Hall–Kier alpha value is -6.76. The zero-order chi connectivity index (χ0) is 53.2. The Morgan fingerprint density at radius 2 is 1.01 bits per heavy atom. The number of thiophene rings is 1. The molecule has 4 nitrogen and oxygen atoms in total. The Labute approximate surface area is 465 Å². The van der Waals surface area contributed by atoms with Crippen LogP contribution in [0.5, 0.6) is 0 Å². The summed E-state index contributed by atoms with van der Waals surface area (Å²) in [6.07, 6.45) is 9.42. The molecule has 6 aliphatic rings. The van der Waals surface area contributed by atoms with E-state index in [4.69, 9.17) is 4.42 Å². The van der Waals surface area contributed by atoms with Crippen molar-refractivity contribution in [3.8, 4) is 0 Å². The maximum Gasteiger partial charge on any atom is 0.252 e. The third-order valence-corrected chi connectivity index (χ3v) is 22.6. The minimum absolute atomic E-state index is 0.00367. The van der Waals surface area contributed by atoms with Gasteiger partial charge in [0.2, 0.25) is 0 Å². The van der Waals surface area contributed by atoms with Crippen molar-refractivity contribution in [1.82, 2.24) is 0 Å². The number of furan rings is 1. The molecule has 0 spiro atoms. The molecule has 6 heteroatoms. The van der Waals surface area contributed by atoms with Crippen LogP contribution >= 0.6 is 11.3 Å². The first-order valence-electron chi connectivity index (χ1n) is 29.2. The van der Waals surface area contributed by atoms with Gasteiger partial charge in [-0.3, -0.25) is 0 Å². The van der Waals surface area contributed by atoms with Crippen LogP contribution in [0.3, 0.4) is 0 Å². The van der Waals surface area contributed by atoms with E-state index < -0.39 is 0 Å². The van der Waals surface area contributed by atoms with Gasteiger partial charge in [-0.05, 0) is 184 Å². The van der Waals surface area contributed by atoms with E-state index in [9.17, 15) is 0 Å². The summed E-state index contributed by atoms with van der Waals surface area (Å²) < 4.78 is 9.60. The van der Waals surface area contributed by atoms with Crippen LogP contribution in [0, 0.1) is 0 Å². The molecule has 1 saturated carbocycles. The van der Waals surface area contributed by atoms with Gasteiger partial charge < -0.3 is 19.1 Å². The fourth-order valence-electron chi connectivity index (χ4n) is 16.7. The number of anilines is 8. The van der Waals surface area contributed by atoms with E-state index >= 15 is 0 Å². The van der Waals surface area contributed by atoms with Gasteiger partial charge in [0.15, 0.2) is 0 Å². The molecular formula is C72H70BN3OS. The lowest BCUT2D eigenvalue weighted by Crippen LogP contribution is -2.62. The van der Waals surface area contributed by atoms with Gasteiger partial charge in [-0.25, -0.2) is 0 Å². The molecule has 1 fully saturated rings. The Bertz CT molecular complexity index is 4270. The van der Waals surface area contributed by atoms with E-state index in [1.54, 1.807) is 0 Å². The van der Waals surface area contributed by atoms with Gasteiger partial charge in [0.1, 0.15) is 11.2 Å². The van der Waals surface area contributed by atoms with E-state index in [2.05, 4.69) is 230 Å². The van der Waals surface area contributed by atoms with Crippen LogP contribution in [-0.4, -0.2) is 12.3 Å². The molecule has 5 heterocycles. The van der Waals surface area contributed by atoms with Crippen LogP contribution < -0.4 is 31.1 Å². The molecule has 0 radical (unpaired) electrons. The Morgan fingerprint density at radius 1 is 0.410 bits per heavy atom. The van der Waals surface area contributed by atoms with Gasteiger partial charge in [-0.2, -0.15) is 0 Å². The number of benzene rings is 8. The molecule has 8 aromatic carbocycles. The molecule has 3 aliphatic heterocycles. The molecule has 3 aliphatic carbocycles. The molecule has 2 aromatic heterocycles. The highest BCUT2D eigenvalue weighted by Gasteiger charge is 2.58. The van der Waals surface area contributed by atoms with Gasteiger partial charge >= 0.3 is 0 Å². The molecule has 388 valence electrons. The average molecular weight is 1040 g/mol. The summed E-state index contributed by atoms with van der Waals surface area (Å²) in [5.74, 6) is 0. The van der Waals surface area contributed by atoms with Crippen LogP contribution in [0.1, 0.15) is 148 Å². The first kappa shape index (κ1) is 47.3. The van der Waals surface area contributed by atoms with Crippen molar-refractivity contribution in [2.45, 2.75) is 153 Å². The van der Waals surface area contributed by atoms with Gasteiger partial charge in [-0.15, -0.1) is 11.3 Å². The summed E-state index contributed by atoms with van der Waals surface area (Å²) in [4.78, 5) is 8.31. The SMILES string of the molecule is CC1(C)CCC(C)(C)c2cc(N3c4cc5c(cc4B4c6cc7oc8ccccc8c7cc6N(c6cccc7sc8ccccc8c67)c6cc(N7c8ccccc8C8(C)CCCCC78C)cc3c64)C(C)(C)CCC5(C)C)ccc21. The van der Waals surface area contributed by atoms with Crippen LogP contribution in [-0.2, 0) is 27.1 Å². The van der Waals surface area contributed by atoms with Crippen LogP contribution in [0.4, 0.5) is 45.5 Å². The number of rotatable bonds is 3. The summed E-state index contributed by atoms with van der Waals surface area (Å²) in [7, 11) is 0. The highest BCUT2D eigenvalue weighted by atomic mass is 32.1. The van der Waals surface area contributed by atoms with E-state index in [0.29, 0.717) is 0 Å². The average Bonchev–Trinajstić information content (AvgIpc) is 4.18. The summed E-state index contributed by atoms with van der Waals surface area (Å²) in [5.41, 5.74) is 23.5. The Kier molecular flexibility index (Phi) is 9.41. The fraction of sp³-hybridized carbons (Fsp3) is 0.333. The molecule has 2 atom stereocenters. The van der Waals surface area contributed by atoms with Gasteiger partial charge in [0.05, 0.1) is 11.2 Å². The number of nitrogens with zero attached hydrogens (tertiary/aromatic N) is 3. The minimum Gasteiger partial charge on any atom is -0.456 e. The summed E-state index contributed by atoms with van der Waals surface area (Å²) in [6, 6.07) is 57.5. The monoisotopic (exact) mass is 1040 g/mol. The quantitative estimate of drug-likeness (QED) is 0.165. The Balaban J connectivity index is 1.09. The van der Waals surface area contributed by atoms with Gasteiger partial charge in [0.25, 0.3) is 6.71 Å². The summed E-state index contributed by atoms with van der Waals surface area (Å²) in [6.45, 7) is 25.0. The predicted octanol–water partition coefficient (Wildman–Crippen LogP) is 18.5. The number of hydrogen-bond donors (Lipinski definition) is 0. The second-order valence-corrected chi connectivity index (χ2v) is 28.7. The lowest BCUT2D eigenvalue weighted by Gasteiger charge is -2.51. The largest absolute Gasteiger partial charge is 0.456 e. The predicted molar refractivity (Wildman–Crippen MR) is 334 cm³/mol. The van der Waals surface area contributed by atoms with Crippen molar-refractivity contribution >= 4 is 122 Å². The molecule has 16 rings (SSSR count). The maximum absolute atomic E-state index is 6.98. The molecule has 0 saturated heterocycles. The van der Waals surface area contributed by atoms with Crippen molar-refractivity contribution < 1.29 is 4.42 Å². The van der Waals surface area contributed by atoms with E-state index in [1.165, 1.54) is 136 Å². The van der Waals surface area contributed by atoms with Gasteiger partial charge in [0, 0.05) is 76.2 Å². The van der Waals surface area contributed by atoms with Crippen molar-refractivity contribution in [3.05, 3.63) is 173 Å². The zero-order valence-corrected chi connectivity index (χ0v) is 48.1. The van der Waals surface area contributed by atoms with Crippen LogP contribution in [0.15, 0.2) is 150 Å². The molecular weight excluding hydrogens is 966 g/mol. The maximum atomic E-state index is 6.98. The first-order valence-corrected chi connectivity index (χ1v) is 30.1. The van der Waals surface area contributed by atoms with E-state index in [1.807, 2.05) is 11.3 Å². The summed E-state index contributed by atoms with van der Waals surface area (Å²) in [5, 5.41) is 4.92. The highest BCUT2D eigenvalue weighted by molar-refractivity contribution is 7.26. The van der Waals surface area contributed by atoms with Crippen LogP contribution in [0.2, 0.25) is 0 Å². The zero-order valence-electron chi connectivity index (χ0n) is 47.2. The van der Waals surface area contributed by atoms with Crippen molar-refractivity contribution in [2.75, 3.05) is 14.7 Å². The molecule has 78 heavy (non-hydrogen) atoms. The normalized spacial score (nSPS) is 22.7. The van der Waals surface area contributed by atoms with Crippen molar-refractivity contribution in [3.63, 3.8) is 0 Å².